The summed E-state index contributed by atoms with van der Waals surface area (Å²) < 4.78 is 11.0. The second kappa shape index (κ2) is 10.2. The smallest absolute Gasteiger partial charge is 0.259 e. The lowest BCUT2D eigenvalue weighted by Crippen LogP contribution is -2.52. The second-order valence-electron chi connectivity index (χ2n) is 7.64. The molecule has 170 valence electrons. The molecular formula is C25H25N3O5. The van der Waals surface area contributed by atoms with Crippen LogP contribution in [0.4, 0.5) is 5.69 Å². The number of para-hydroxylation sites is 1. The number of carbonyl (C=O) groups excluding carboxylic acids is 2. The second-order valence-corrected chi connectivity index (χ2v) is 7.64. The molecule has 0 radical (unpaired) electrons. The Kier molecular flexibility index (Phi) is 6.97. The molecule has 2 heterocycles. The Hall–Kier alpha value is -3.75. The molecule has 2 aromatic carbocycles. The Labute approximate surface area is 191 Å². The number of benzene rings is 2. The van der Waals surface area contributed by atoms with Crippen molar-refractivity contribution in [3.63, 3.8) is 0 Å². The summed E-state index contributed by atoms with van der Waals surface area (Å²) in [5.74, 6) is 0.0248. The number of aliphatic hydroxyl groups excluding tert-OH is 1. The van der Waals surface area contributed by atoms with E-state index in [1.165, 1.54) is 7.11 Å². The van der Waals surface area contributed by atoms with Crippen LogP contribution in [0.15, 0.2) is 73.1 Å². The average molecular weight is 447 g/mol. The number of carbonyl (C=O) groups is 2. The van der Waals surface area contributed by atoms with E-state index in [0.717, 1.165) is 11.1 Å². The van der Waals surface area contributed by atoms with Crippen molar-refractivity contribution in [3.8, 4) is 5.75 Å². The number of morpholine rings is 1. The number of hydrogen-bond acceptors (Lipinski definition) is 6. The summed E-state index contributed by atoms with van der Waals surface area (Å²) in [4.78, 5) is 30.9. The van der Waals surface area contributed by atoms with E-state index in [4.69, 9.17) is 9.47 Å². The van der Waals surface area contributed by atoms with Gasteiger partial charge in [0.2, 0.25) is 5.91 Å². The number of methoxy groups -OCH3 is 1. The van der Waals surface area contributed by atoms with Crippen molar-refractivity contribution in [3.05, 3.63) is 89.7 Å². The minimum atomic E-state index is -0.541. The van der Waals surface area contributed by atoms with Gasteiger partial charge in [0.15, 0.2) is 0 Å². The third kappa shape index (κ3) is 5.02. The van der Waals surface area contributed by atoms with Gasteiger partial charge < -0.3 is 24.8 Å². The van der Waals surface area contributed by atoms with Crippen molar-refractivity contribution in [2.24, 2.45) is 0 Å². The van der Waals surface area contributed by atoms with Crippen LogP contribution in [0.3, 0.4) is 0 Å². The molecular weight excluding hydrogens is 422 g/mol. The summed E-state index contributed by atoms with van der Waals surface area (Å²) in [5.41, 5.74) is 2.71. The van der Waals surface area contributed by atoms with Gasteiger partial charge in [0.1, 0.15) is 18.5 Å². The Balaban J connectivity index is 1.49. The number of aliphatic hydroxyl groups is 1. The maximum absolute atomic E-state index is 12.6. The van der Waals surface area contributed by atoms with Crippen molar-refractivity contribution in [1.82, 2.24) is 9.88 Å². The highest BCUT2D eigenvalue weighted by Crippen LogP contribution is 2.31. The molecule has 8 nitrogen and oxygen atoms in total. The number of amides is 2. The van der Waals surface area contributed by atoms with Gasteiger partial charge in [-0.15, -0.1) is 0 Å². The molecule has 1 aromatic heterocycles. The zero-order chi connectivity index (χ0) is 23.2. The number of aromatic nitrogens is 1. The Bertz CT molecular complexity index is 1100. The summed E-state index contributed by atoms with van der Waals surface area (Å²) in [7, 11) is 1.52. The summed E-state index contributed by atoms with van der Waals surface area (Å²) in [6.45, 7) is 0.0154. The average Bonchev–Trinajstić information content (AvgIpc) is 2.86. The van der Waals surface area contributed by atoms with Crippen molar-refractivity contribution in [2.45, 2.75) is 18.7 Å². The normalized spacial score (nSPS) is 18.1. The Morgan fingerprint density at radius 1 is 1.18 bits per heavy atom. The highest BCUT2D eigenvalue weighted by atomic mass is 16.5. The molecule has 0 spiro atoms. The molecule has 2 atom stereocenters. The van der Waals surface area contributed by atoms with Gasteiger partial charge in [0.05, 0.1) is 25.3 Å². The molecule has 33 heavy (non-hydrogen) atoms. The third-order valence-electron chi connectivity index (χ3n) is 5.57. The summed E-state index contributed by atoms with van der Waals surface area (Å²) in [6, 6.07) is 17.3. The standard InChI is InChI=1S/C25H25N3O5/c1-32-22-7-3-2-6-20(22)25(31)27-19-10-8-18(9-11-19)24-21(15-29)28(23(30)16-33-24)14-17-5-4-12-26-13-17/h2-13,21,24,29H,14-16H2,1H3,(H,27,31). The van der Waals surface area contributed by atoms with Crippen LogP contribution in [-0.2, 0) is 16.1 Å². The fourth-order valence-electron chi connectivity index (χ4n) is 3.90. The van der Waals surface area contributed by atoms with Crippen LogP contribution < -0.4 is 10.1 Å². The van der Waals surface area contributed by atoms with Crippen LogP contribution in [0.2, 0.25) is 0 Å². The number of nitrogens with zero attached hydrogens (tertiary/aromatic N) is 2. The quantitative estimate of drug-likeness (QED) is 0.578. The van der Waals surface area contributed by atoms with E-state index in [9.17, 15) is 14.7 Å². The zero-order valence-corrected chi connectivity index (χ0v) is 18.2. The van der Waals surface area contributed by atoms with Gasteiger partial charge in [0.25, 0.3) is 5.91 Å². The van der Waals surface area contributed by atoms with Crippen LogP contribution in [0.25, 0.3) is 0 Å². The molecule has 1 saturated heterocycles. The van der Waals surface area contributed by atoms with Gasteiger partial charge in [-0.3, -0.25) is 14.6 Å². The van der Waals surface area contributed by atoms with E-state index in [0.29, 0.717) is 23.5 Å². The molecule has 2 unspecified atom stereocenters. The molecule has 0 bridgehead atoms. The number of hydrogen-bond donors (Lipinski definition) is 2. The molecule has 2 amide bonds. The summed E-state index contributed by atoms with van der Waals surface area (Å²) in [6.07, 6.45) is 2.87. The van der Waals surface area contributed by atoms with Gasteiger partial charge in [-0.25, -0.2) is 0 Å². The maximum atomic E-state index is 12.6. The maximum Gasteiger partial charge on any atom is 0.259 e. The Morgan fingerprint density at radius 3 is 2.67 bits per heavy atom. The third-order valence-corrected chi connectivity index (χ3v) is 5.57. The van der Waals surface area contributed by atoms with Gasteiger partial charge in [-0.05, 0) is 41.5 Å². The molecule has 1 aliphatic rings. The molecule has 0 saturated carbocycles. The lowest BCUT2D eigenvalue weighted by atomic mass is 9.98. The van der Waals surface area contributed by atoms with Crippen LogP contribution in [0, 0.1) is 0 Å². The molecule has 1 fully saturated rings. The van der Waals surface area contributed by atoms with Crippen LogP contribution in [0.1, 0.15) is 27.6 Å². The lowest BCUT2D eigenvalue weighted by molar-refractivity contribution is -0.162. The number of rotatable bonds is 7. The molecule has 4 rings (SSSR count). The van der Waals surface area contributed by atoms with E-state index in [-0.39, 0.29) is 25.0 Å². The van der Waals surface area contributed by atoms with E-state index < -0.39 is 12.1 Å². The monoisotopic (exact) mass is 447 g/mol. The first kappa shape index (κ1) is 22.4. The SMILES string of the molecule is COc1ccccc1C(=O)Nc1ccc(C2OCC(=O)N(Cc3cccnc3)C2CO)cc1. The number of nitrogens with one attached hydrogen (secondary N) is 1. The highest BCUT2D eigenvalue weighted by molar-refractivity contribution is 6.06. The first-order valence-corrected chi connectivity index (χ1v) is 10.6. The summed E-state index contributed by atoms with van der Waals surface area (Å²) in [5, 5.41) is 12.9. The van der Waals surface area contributed by atoms with Crippen molar-refractivity contribution in [2.75, 3.05) is 25.6 Å². The van der Waals surface area contributed by atoms with Crippen molar-refractivity contribution < 1.29 is 24.2 Å². The number of pyridine rings is 1. The first-order valence-electron chi connectivity index (χ1n) is 10.6. The first-order chi connectivity index (χ1) is 16.1. The molecule has 8 heteroatoms. The van der Waals surface area contributed by atoms with Crippen LogP contribution in [-0.4, -0.2) is 53.2 Å². The topological polar surface area (TPSA) is 101 Å². The zero-order valence-electron chi connectivity index (χ0n) is 18.2. The van der Waals surface area contributed by atoms with Gasteiger partial charge in [-0.1, -0.05) is 30.3 Å². The van der Waals surface area contributed by atoms with Crippen LogP contribution >= 0.6 is 0 Å². The van der Waals surface area contributed by atoms with Crippen molar-refractivity contribution >= 4 is 17.5 Å². The molecule has 1 aliphatic heterocycles. The molecule has 0 aliphatic carbocycles. The minimum Gasteiger partial charge on any atom is -0.496 e. The molecule has 3 aromatic rings. The number of anilines is 1. The van der Waals surface area contributed by atoms with E-state index in [1.807, 2.05) is 24.3 Å². The van der Waals surface area contributed by atoms with Crippen LogP contribution in [0.5, 0.6) is 5.75 Å². The van der Waals surface area contributed by atoms with E-state index >= 15 is 0 Å². The Morgan fingerprint density at radius 2 is 1.97 bits per heavy atom. The molecule has 2 N–H and O–H groups in total. The predicted molar refractivity (Wildman–Crippen MR) is 122 cm³/mol. The van der Waals surface area contributed by atoms with E-state index in [2.05, 4.69) is 10.3 Å². The predicted octanol–water partition coefficient (Wildman–Crippen LogP) is 2.80. The van der Waals surface area contributed by atoms with Gasteiger partial charge >= 0.3 is 0 Å². The lowest BCUT2D eigenvalue weighted by Gasteiger charge is -2.40. The van der Waals surface area contributed by atoms with Gasteiger partial charge in [0, 0.05) is 24.6 Å². The van der Waals surface area contributed by atoms with E-state index in [1.54, 1.807) is 53.7 Å². The fraction of sp³-hybridized carbons (Fsp3) is 0.240. The van der Waals surface area contributed by atoms with Crippen molar-refractivity contribution in [1.29, 1.82) is 0 Å². The summed E-state index contributed by atoms with van der Waals surface area (Å²) >= 11 is 0. The largest absolute Gasteiger partial charge is 0.496 e. The number of ether oxygens (including phenoxy) is 2. The highest BCUT2D eigenvalue weighted by Gasteiger charge is 2.37. The van der Waals surface area contributed by atoms with Gasteiger partial charge in [-0.2, -0.15) is 0 Å². The minimum absolute atomic E-state index is 0.0757. The fourth-order valence-corrected chi connectivity index (χ4v) is 3.90.